The van der Waals surface area contributed by atoms with Gasteiger partial charge in [0.2, 0.25) is 0 Å². The zero-order chi connectivity index (χ0) is 23.0. The van der Waals surface area contributed by atoms with Crippen molar-refractivity contribution in [3.8, 4) is 16.3 Å². The summed E-state index contributed by atoms with van der Waals surface area (Å²) in [6.45, 7) is 3.45. The number of hydrogen-bond donors (Lipinski definition) is 1. The van der Waals surface area contributed by atoms with Crippen LogP contribution in [0, 0.1) is 5.82 Å². The summed E-state index contributed by atoms with van der Waals surface area (Å²) in [5.41, 5.74) is 1.61. The molecule has 1 fully saturated rings. The fraction of sp³-hybridized carbons (Fsp3) is 0.360. The summed E-state index contributed by atoms with van der Waals surface area (Å²) in [4.78, 5) is 19.1. The zero-order valence-corrected chi connectivity index (χ0v) is 19.4. The lowest BCUT2D eigenvalue weighted by molar-refractivity contribution is 0.0392. The van der Waals surface area contributed by atoms with Gasteiger partial charge in [-0.15, -0.1) is 11.3 Å². The molecule has 33 heavy (non-hydrogen) atoms. The Bertz CT molecular complexity index is 1070. The summed E-state index contributed by atoms with van der Waals surface area (Å²) in [5.74, 6) is 0.130. The van der Waals surface area contributed by atoms with Crippen LogP contribution in [0.2, 0.25) is 0 Å². The standard InChI is InChI=1S/C25H28FN3O3S/c1-29(19-9-12-31-13-10-19)11-14-32-20-6-4-5-18(15-20)16-27-24(30)23-17-33-25(28-23)21-7-2-3-8-22(21)26/h2-8,15,17,19H,9-14,16H2,1H3,(H,27,30). The second-order valence-electron chi connectivity index (χ2n) is 8.02. The average Bonchev–Trinajstić information content (AvgIpc) is 3.34. The molecule has 1 amide bonds. The number of nitrogens with zero attached hydrogens (tertiary/aromatic N) is 2. The number of carbonyl (C=O) groups excluding carboxylic acids is 1. The van der Waals surface area contributed by atoms with Crippen LogP contribution >= 0.6 is 11.3 Å². The molecule has 174 valence electrons. The zero-order valence-electron chi connectivity index (χ0n) is 18.6. The molecule has 6 nitrogen and oxygen atoms in total. The van der Waals surface area contributed by atoms with E-state index in [2.05, 4.69) is 22.2 Å². The van der Waals surface area contributed by atoms with E-state index in [0.29, 0.717) is 29.8 Å². The van der Waals surface area contributed by atoms with Gasteiger partial charge in [0.25, 0.3) is 5.91 Å². The molecule has 0 radical (unpaired) electrons. The van der Waals surface area contributed by atoms with Crippen molar-refractivity contribution in [3.63, 3.8) is 0 Å². The minimum Gasteiger partial charge on any atom is -0.492 e. The summed E-state index contributed by atoms with van der Waals surface area (Å²) in [5, 5.41) is 5.01. The molecule has 0 unspecified atom stereocenters. The van der Waals surface area contributed by atoms with E-state index in [1.165, 1.54) is 17.4 Å². The number of aromatic nitrogens is 1. The highest BCUT2D eigenvalue weighted by Gasteiger charge is 2.18. The minimum absolute atomic E-state index is 0.279. The van der Waals surface area contributed by atoms with E-state index in [1.54, 1.807) is 23.6 Å². The van der Waals surface area contributed by atoms with Crippen molar-refractivity contribution < 1.29 is 18.7 Å². The normalized spacial score (nSPS) is 14.4. The topological polar surface area (TPSA) is 63.7 Å². The van der Waals surface area contributed by atoms with Gasteiger partial charge in [-0.1, -0.05) is 24.3 Å². The van der Waals surface area contributed by atoms with Gasteiger partial charge < -0.3 is 14.8 Å². The van der Waals surface area contributed by atoms with Crippen molar-refractivity contribution in [3.05, 3.63) is 71.0 Å². The molecule has 0 aliphatic carbocycles. The Labute approximate surface area is 197 Å². The predicted octanol–water partition coefficient (Wildman–Crippen LogP) is 4.37. The summed E-state index contributed by atoms with van der Waals surface area (Å²) in [6, 6.07) is 14.7. The molecule has 3 aromatic rings. The second-order valence-corrected chi connectivity index (χ2v) is 8.88. The van der Waals surface area contributed by atoms with Crippen molar-refractivity contribution in [2.45, 2.75) is 25.4 Å². The predicted molar refractivity (Wildman–Crippen MR) is 127 cm³/mol. The lowest BCUT2D eigenvalue weighted by atomic mass is 10.1. The Morgan fingerprint density at radius 1 is 1.24 bits per heavy atom. The van der Waals surface area contributed by atoms with Gasteiger partial charge in [0.05, 0.1) is 0 Å². The van der Waals surface area contributed by atoms with Crippen molar-refractivity contribution in [1.29, 1.82) is 0 Å². The lowest BCUT2D eigenvalue weighted by Gasteiger charge is -2.31. The van der Waals surface area contributed by atoms with Crippen LogP contribution in [0.5, 0.6) is 5.75 Å². The molecule has 1 aliphatic rings. The highest BCUT2D eigenvalue weighted by molar-refractivity contribution is 7.13. The first-order valence-corrected chi connectivity index (χ1v) is 12.0. The number of amides is 1. The van der Waals surface area contributed by atoms with E-state index in [0.717, 1.165) is 43.9 Å². The second kappa shape index (κ2) is 11.4. The Morgan fingerprint density at radius 3 is 2.88 bits per heavy atom. The maximum Gasteiger partial charge on any atom is 0.271 e. The first-order valence-electron chi connectivity index (χ1n) is 11.1. The van der Waals surface area contributed by atoms with Crippen LogP contribution in [0.1, 0.15) is 28.9 Å². The Balaban J connectivity index is 1.26. The van der Waals surface area contributed by atoms with E-state index in [1.807, 2.05) is 24.3 Å². The number of thiazole rings is 1. The van der Waals surface area contributed by atoms with Gasteiger partial charge in [0, 0.05) is 43.3 Å². The molecule has 8 heteroatoms. The van der Waals surface area contributed by atoms with Gasteiger partial charge in [-0.05, 0) is 49.7 Å². The molecule has 1 aliphatic heterocycles. The summed E-state index contributed by atoms with van der Waals surface area (Å²) in [6.07, 6.45) is 2.12. The number of ether oxygens (including phenoxy) is 2. The van der Waals surface area contributed by atoms with Crippen molar-refractivity contribution in [2.24, 2.45) is 0 Å². The number of benzene rings is 2. The molecular formula is C25H28FN3O3S. The van der Waals surface area contributed by atoms with E-state index in [9.17, 15) is 9.18 Å². The maximum absolute atomic E-state index is 14.0. The van der Waals surface area contributed by atoms with Crippen molar-refractivity contribution in [1.82, 2.24) is 15.2 Å². The third kappa shape index (κ3) is 6.37. The summed E-state index contributed by atoms with van der Waals surface area (Å²) in [7, 11) is 2.13. The van der Waals surface area contributed by atoms with Gasteiger partial charge in [-0.2, -0.15) is 0 Å². The minimum atomic E-state index is -0.352. The first kappa shape index (κ1) is 23.4. The molecule has 2 heterocycles. The SMILES string of the molecule is CN(CCOc1cccc(CNC(=O)c2csc(-c3ccccc3F)n2)c1)C1CCOCC1. The monoisotopic (exact) mass is 469 g/mol. The molecular weight excluding hydrogens is 441 g/mol. The molecule has 0 spiro atoms. The Hall–Kier alpha value is -2.81. The summed E-state index contributed by atoms with van der Waals surface area (Å²) < 4.78 is 25.3. The molecule has 1 N–H and O–H groups in total. The fourth-order valence-electron chi connectivity index (χ4n) is 3.77. The van der Waals surface area contributed by atoms with Crippen LogP contribution in [-0.2, 0) is 11.3 Å². The largest absolute Gasteiger partial charge is 0.492 e. The molecule has 0 bridgehead atoms. The van der Waals surface area contributed by atoms with E-state index < -0.39 is 0 Å². The third-order valence-corrected chi connectivity index (χ3v) is 6.60. The molecule has 4 rings (SSSR count). The van der Waals surface area contributed by atoms with E-state index >= 15 is 0 Å². The van der Waals surface area contributed by atoms with Gasteiger partial charge in [-0.3, -0.25) is 9.69 Å². The first-order chi connectivity index (χ1) is 16.1. The van der Waals surface area contributed by atoms with Crippen LogP contribution in [0.25, 0.3) is 10.6 Å². The quantitative estimate of drug-likeness (QED) is 0.504. The third-order valence-electron chi connectivity index (χ3n) is 5.72. The smallest absolute Gasteiger partial charge is 0.271 e. The van der Waals surface area contributed by atoms with E-state index in [4.69, 9.17) is 9.47 Å². The molecule has 2 aromatic carbocycles. The van der Waals surface area contributed by atoms with Gasteiger partial charge in [0.1, 0.15) is 28.9 Å². The molecule has 0 saturated carbocycles. The number of nitrogens with one attached hydrogen (secondary N) is 1. The van der Waals surface area contributed by atoms with Gasteiger partial charge in [-0.25, -0.2) is 9.37 Å². The van der Waals surface area contributed by atoms with Crippen molar-refractivity contribution >= 4 is 17.2 Å². The summed E-state index contributed by atoms with van der Waals surface area (Å²) >= 11 is 1.25. The van der Waals surface area contributed by atoms with Crippen LogP contribution in [0.3, 0.4) is 0 Å². The Morgan fingerprint density at radius 2 is 2.06 bits per heavy atom. The highest BCUT2D eigenvalue weighted by Crippen LogP contribution is 2.26. The van der Waals surface area contributed by atoms with E-state index in [-0.39, 0.29) is 17.4 Å². The van der Waals surface area contributed by atoms with Crippen molar-refractivity contribution in [2.75, 3.05) is 33.4 Å². The fourth-order valence-corrected chi connectivity index (χ4v) is 4.60. The molecule has 1 saturated heterocycles. The lowest BCUT2D eigenvalue weighted by Crippen LogP contribution is -2.38. The van der Waals surface area contributed by atoms with Crippen LogP contribution in [0.4, 0.5) is 4.39 Å². The number of rotatable bonds is 9. The number of hydrogen-bond acceptors (Lipinski definition) is 6. The maximum atomic E-state index is 14.0. The van der Waals surface area contributed by atoms with Crippen LogP contribution < -0.4 is 10.1 Å². The Kier molecular flexibility index (Phi) is 8.04. The van der Waals surface area contributed by atoms with Gasteiger partial charge >= 0.3 is 0 Å². The van der Waals surface area contributed by atoms with Gasteiger partial charge in [0.15, 0.2) is 0 Å². The molecule has 1 aromatic heterocycles. The number of carbonyl (C=O) groups is 1. The average molecular weight is 470 g/mol. The van der Waals surface area contributed by atoms with Crippen LogP contribution in [-0.4, -0.2) is 55.2 Å². The number of halogens is 1. The highest BCUT2D eigenvalue weighted by atomic mass is 32.1. The molecule has 0 atom stereocenters. The van der Waals surface area contributed by atoms with Crippen LogP contribution in [0.15, 0.2) is 53.9 Å². The number of likely N-dealkylation sites (N-methyl/N-ethyl adjacent to an activating group) is 1.